The van der Waals surface area contributed by atoms with Crippen LogP contribution in [0.4, 0.5) is 0 Å². The predicted molar refractivity (Wildman–Crippen MR) is 135 cm³/mol. The molecule has 3 nitrogen and oxygen atoms in total. The van der Waals surface area contributed by atoms with Crippen LogP contribution in [0.2, 0.25) is 0 Å². The number of benzene rings is 3. The van der Waals surface area contributed by atoms with Crippen LogP contribution in [0.5, 0.6) is 5.75 Å². The van der Waals surface area contributed by atoms with Crippen LogP contribution in [0.3, 0.4) is 0 Å². The van der Waals surface area contributed by atoms with Crippen molar-refractivity contribution in [3.05, 3.63) is 95.2 Å². The van der Waals surface area contributed by atoms with Gasteiger partial charge in [0, 0.05) is 0 Å². The van der Waals surface area contributed by atoms with Gasteiger partial charge in [-0.1, -0.05) is 67.2 Å². The van der Waals surface area contributed by atoms with E-state index in [1.165, 1.54) is 41.2 Å². The first-order chi connectivity index (χ1) is 16.1. The van der Waals surface area contributed by atoms with Gasteiger partial charge in [-0.15, -0.1) is 18.2 Å². The van der Waals surface area contributed by atoms with Crippen LogP contribution < -0.4 is 4.74 Å². The van der Waals surface area contributed by atoms with Crippen molar-refractivity contribution in [1.82, 2.24) is 0 Å². The first kappa shape index (κ1) is 19.9. The lowest BCUT2D eigenvalue weighted by Crippen LogP contribution is -2.22. The molecular formula is C30H27NO2. The molecule has 0 bridgehead atoms. The molecule has 0 N–H and O–H groups in total. The SMILES string of the molecule is C=[N+]1C=CC2=C(CCCC2)[C-]1c1cc2c(cc1C)[o+][c-]1cc(-c3ccccc3OC)ccc21. The van der Waals surface area contributed by atoms with Gasteiger partial charge in [-0.2, -0.15) is 0 Å². The first-order valence-corrected chi connectivity index (χ1v) is 11.6. The van der Waals surface area contributed by atoms with E-state index in [2.05, 4.69) is 62.3 Å². The molecule has 3 heteroatoms. The molecule has 1 aliphatic carbocycles. The van der Waals surface area contributed by atoms with Crippen LogP contribution >= 0.6 is 0 Å². The van der Waals surface area contributed by atoms with E-state index in [0.717, 1.165) is 51.7 Å². The number of hydrogen-bond acceptors (Lipinski definition) is 1. The maximum Gasteiger partial charge on any atom is 0.278 e. The second-order valence-electron chi connectivity index (χ2n) is 9.02. The molecule has 0 unspecified atom stereocenters. The van der Waals surface area contributed by atoms with Crippen LogP contribution in [-0.4, -0.2) is 18.4 Å². The molecule has 0 saturated heterocycles. The lowest BCUT2D eigenvalue weighted by molar-refractivity contribution is -0.421. The van der Waals surface area contributed by atoms with Crippen molar-refractivity contribution < 1.29 is 13.7 Å². The Balaban J connectivity index is 1.50. The average molecular weight is 434 g/mol. The van der Waals surface area contributed by atoms with Crippen LogP contribution in [0.25, 0.3) is 33.1 Å². The second-order valence-corrected chi connectivity index (χ2v) is 9.02. The van der Waals surface area contributed by atoms with Crippen molar-refractivity contribution in [2.45, 2.75) is 32.6 Å². The molecule has 2 aliphatic rings. The Hall–Kier alpha value is -3.72. The minimum Gasteiger partial charge on any atom is -0.497 e. The van der Waals surface area contributed by atoms with E-state index < -0.39 is 0 Å². The predicted octanol–water partition coefficient (Wildman–Crippen LogP) is 7.56. The molecule has 2 heterocycles. The van der Waals surface area contributed by atoms with Crippen LogP contribution in [0, 0.1) is 13.0 Å². The van der Waals surface area contributed by atoms with Gasteiger partial charge >= 0.3 is 0 Å². The van der Waals surface area contributed by atoms with Gasteiger partial charge in [0.25, 0.3) is 11.2 Å². The Labute approximate surface area is 194 Å². The van der Waals surface area contributed by atoms with Crippen molar-refractivity contribution in [3.63, 3.8) is 0 Å². The van der Waals surface area contributed by atoms with Gasteiger partial charge in [0.15, 0.2) is 0 Å². The highest BCUT2D eigenvalue weighted by atomic mass is 16.5. The maximum absolute atomic E-state index is 6.34. The van der Waals surface area contributed by atoms with Gasteiger partial charge in [-0.05, 0) is 52.1 Å². The number of ether oxygens (including phenoxy) is 1. The molecule has 0 fully saturated rings. The van der Waals surface area contributed by atoms with Crippen LogP contribution in [0.15, 0.2) is 82.4 Å². The van der Waals surface area contributed by atoms with Crippen molar-refractivity contribution in [2.75, 3.05) is 7.11 Å². The molecule has 4 aromatic rings. The summed E-state index contributed by atoms with van der Waals surface area (Å²) >= 11 is 0. The summed E-state index contributed by atoms with van der Waals surface area (Å²) in [6, 6.07) is 20.2. The van der Waals surface area contributed by atoms with Crippen molar-refractivity contribution in [1.29, 1.82) is 0 Å². The van der Waals surface area contributed by atoms with E-state index in [1.807, 2.05) is 22.8 Å². The van der Waals surface area contributed by atoms with Gasteiger partial charge < -0.3 is 4.74 Å². The molecule has 6 rings (SSSR count). The summed E-state index contributed by atoms with van der Waals surface area (Å²) < 4.78 is 14.0. The summed E-state index contributed by atoms with van der Waals surface area (Å²) in [4.78, 5) is 0. The lowest BCUT2D eigenvalue weighted by atomic mass is 9.81. The highest BCUT2D eigenvalue weighted by molar-refractivity contribution is 6.06. The summed E-state index contributed by atoms with van der Waals surface area (Å²) in [7, 11) is 1.71. The lowest BCUT2D eigenvalue weighted by Gasteiger charge is -2.31. The average Bonchev–Trinajstić information content (AvgIpc) is 3.20. The minimum absolute atomic E-state index is 0.861. The standard InChI is InChI=1S/C30H27NO2/c1-19-16-28-26(18-25(19)30-23-10-5-4-8-20(23)14-15-31(30)2)24-13-12-21(17-29(24)33-28)22-9-6-7-11-27(22)32-3/h6-7,9,11-18H,2,4-5,8,10H2,1,3H3. The number of nitrogens with zero attached hydrogens (tertiary/aromatic N) is 1. The Kier molecular flexibility index (Phi) is 4.65. The number of fused-ring (bicyclic) bond motifs is 3. The highest BCUT2D eigenvalue weighted by Crippen LogP contribution is 2.42. The second kappa shape index (κ2) is 7.70. The monoisotopic (exact) mass is 433 g/mol. The molecule has 33 heavy (non-hydrogen) atoms. The van der Waals surface area contributed by atoms with E-state index >= 15 is 0 Å². The number of methoxy groups -OCH3 is 1. The Morgan fingerprint density at radius 2 is 1.91 bits per heavy atom. The molecule has 3 aromatic carbocycles. The smallest absolute Gasteiger partial charge is 0.278 e. The number of rotatable bonds is 3. The molecule has 0 amide bonds. The van der Waals surface area contributed by atoms with Gasteiger partial charge in [-0.25, -0.2) is 0 Å². The number of hydrogen-bond donors (Lipinski definition) is 0. The Bertz CT molecular complexity index is 1480. The fraction of sp³-hybridized carbons (Fsp3) is 0.200. The number of para-hydroxylation sites is 1. The quantitative estimate of drug-likeness (QED) is 0.189. The fourth-order valence-electron chi connectivity index (χ4n) is 5.36. The summed E-state index contributed by atoms with van der Waals surface area (Å²) in [6.07, 6.45) is 9.14. The molecule has 1 aliphatic heterocycles. The number of aryl methyl sites for hydroxylation is 1. The van der Waals surface area contributed by atoms with Gasteiger partial charge in [-0.3, -0.25) is 8.99 Å². The summed E-state index contributed by atoms with van der Waals surface area (Å²) in [6.45, 7) is 6.49. The Morgan fingerprint density at radius 1 is 1.06 bits per heavy atom. The zero-order valence-electron chi connectivity index (χ0n) is 19.2. The summed E-state index contributed by atoms with van der Waals surface area (Å²) in [5.74, 6) is 0.861. The molecule has 0 atom stereocenters. The molecule has 0 spiro atoms. The summed E-state index contributed by atoms with van der Waals surface area (Å²) in [5.41, 5.74) is 9.33. The Morgan fingerprint density at radius 3 is 2.79 bits per heavy atom. The number of furan rings is 1. The van der Waals surface area contributed by atoms with Crippen molar-refractivity contribution in [3.8, 4) is 16.9 Å². The zero-order valence-corrected chi connectivity index (χ0v) is 19.2. The fourth-order valence-corrected chi connectivity index (χ4v) is 5.36. The van der Waals surface area contributed by atoms with Gasteiger partial charge in [0.2, 0.25) is 0 Å². The molecule has 164 valence electrons. The highest BCUT2D eigenvalue weighted by Gasteiger charge is 2.29. The number of allylic oxidation sites excluding steroid dienone is 2. The van der Waals surface area contributed by atoms with E-state index in [9.17, 15) is 0 Å². The minimum atomic E-state index is 0.861. The third-order valence-corrected chi connectivity index (χ3v) is 7.03. The normalized spacial score (nSPS) is 16.1. The largest absolute Gasteiger partial charge is 0.497 e. The van der Waals surface area contributed by atoms with E-state index in [4.69, 9.17) is 9.15 Å². The van der Waals surface area contributed by atoms with Crippen LogP contribution in [0.1, 0.15) is 36.8 Å². The third kappa shape index (κ3) is 3.19. The van der Waals surface area contributed by atoms with Gasteiger partial charge in [0.1, 0.15) is 18.0 Å². The molecule has 1 aromatic heterocycles. The van der Waals surface area contributed by atoms with E-state index in [-0.39, 0.29) is 0 Å². The molecule has 0 saturated carbocycles. The maximum atomic E-state index is 6.34. The van der Waals surface area contributed by atoms with E-state index in [0.29, 0.717) is 0 Å². The van der Waals surface area contributed by atoms with Crippen LogP contribution in [-0.2, 0) is 0 Å². The third-order valence-electron chi connectivity index (χ3n) is 7.03. The summed E-state index contributed by atoms with van der Waals surface area (Å²) in [5, 5.41) is 2.27. The van der Waals surface area contributed by atoms with Crippen molar-refractivity contribution in [2.24, 2.45) is 0 Å². The first-order valence-electron chi connectivity index (χ1n) is 11.6. The molecular weight excluding hydrogens is 406 g/mol. The topological polar surface area (TPSA) is 23.5 Å². The van der Waals surface area contributed by atoms with Crippen molar-refractivity contribution >= 4 is 28.7 Å². The van der Waals surface area contributed by atoms with Gasteiger partial charge in [0.05, 0.1) is 13.8 Å². The molecule has 0 radical (unpaired) electrons. The van der Waals surface area contributed by atoms with E-state index in [1.54, 1.807) is 7.11 Å². The zero-order chi connectivity index (χ0) is 22.5.